The Morgan fingerprint density at radius 1 is 1.04 bits per heavy atom. The van der Waals surface area contributed by atoms with E-state index in [9.17, 15) is 13.2 Å². The molecule has 0 amide bonds. The van der Waals surface area contributed by atoms with Crippen molar-refractivity contribution in [3.8, 4) is 0 Å². The summed E-state index contributed by atoms with van der Waals surface area (Å²) in [6.07, 6.45) is -3.04. The highest BCUT2D eigenvalue weighted by atomic mass is 19.4. The fourth-order valence-electron chi connectivity index (χ4n) is 2.88. The van der Waals surface area contributed by atoms with Crippen molar-refractivity contribution >= 4 is 17.7 Å². The molecule has 10 heteroatoms. The highest BCUT2D eigenvalue weighted by molar-refractivity contribution is 5.50. The second kappa shape index (κ2) is 7.53. The van der Waals surface area contributed by atoms with Gasteiger partial charge in [-0.2, -0.15) is 28.1 Å². The molecular formula is C17H22F3N7. The Bertz CT molecular complexity index is 786. The lowest BCUT2D eigenvalue weighted by Crippen LogP contribution is -2.48. The quantitative estimate of drug-likeness (QED) is 0.873. The summed E-state index contributed by atoms with van der Waals surface area (Å²) >= 11 is 0. The summed E-state index contributed by atoms with van der Waals surface area (Å²) in [4.78, 5) is 20.8. The highest BCUT2D eigenvalue weighted by Gasteiger charge is 2.36. The lowest BCUT2D eigenvalue weighted by molar-refractivity contribution is -0.137. The Morgan fingerprint density at radius 2 is 1.70 bits per heavy atom. The van der Waals surface area contributed by atoms with Gasteiger partial charge in [0.2, 0.25) is 11.9 Å². The molecule has 7 nitrogen and oxygen atoms in total. The van der Waals surface area contributed by atoms with Gasteiger partial charge in [-0.05, 0) is 12.1 Å². The van der Waals surface area contributed by atoms with Gasteiger partial charge in [-0.3, -0.25) is 0 Å². The summed E-state index contributed by atoms with van der Waals surface area (Å²) in [5, 5.41) is 2.93. The normalized spacial score (nSPS) is 15.4. The molecule has 1 fully saturated rings. The maximum atomic E-state index is 13.2. The van der Waals surface area contributed by atoms with Gasteiger partial charge in [0.1, 0.15) is 11.6 Å². The van der Waals surface area contributed by atoms with Gasteiger partial charge in [-0.1, -0.05) is 13.8 Å². The predicted octanol–water partition coefficient (Wildman–Crippen LogP) is 2.78. The van der Waals surface area contributed by atoms with Crippen LogP contribution in [0.1, 0.15) is 31.2 Å². The predicted molar refractivity (Wildman–Crippen MR) is 97.1 cm³/mol. The number of anilines is 3. The number of pyridine rings is 1. The third kappa shape index (κ3) is 4.20. The third-order valence-corrected chi connectivity index (χ3v) is 4.34. The van der Waals surface area contributed by atoms with E-state index < -0.39 is 11.7 Å². The van der Waals surface area contributed by atoms with Crippen LogP contribution in [0.25, 0.3) is 0 Å². The molecule has 1 N–H and O–H groups in total. The number of nitrogens with zero attached hydrogens (tertiary/aromatic N) is 6. The largest absolute Gasteiger partial charge is 0.419 e. The van der Waals surface area contributed by atoms with Crippen LogP contribution >= 0.6 is 0 Å². The summed E-state index contributed by atoms with van der Waals surface area (Å²) in [5.41, 5.74) is -0.710. The molecule has 0 aromatic carbocycles. The van der Waals surface area contributed by atoms with Crippen LogP contribution in [0, 0.1) is 0 Å². The molecule has 2 aromatic rings. The van der Waals surface area contributed by atoms with Crippen molar-refractivity contribution in [2.24, 2.45) is 0 Å². The van der Waals surface area contributed by atoms with E-state index >= 15 is 0 Å². The van der Waals surface area contributed by atoms with Crippen LogP contribution < -0.4 is 15.1 Å². The first kappa shape index (κ1) is 19.1. The number of piperazine rings is 1. The Labute approximate surface area is 155 Å². The molecule has 27 heavy (non-hydrogen) atoms. The molecule has 1 aliphatic rings. The Morgan fingerprint density at radius 3 is 2.30 bits per heavy atom. The van der Waals surface area contributed by atoms with Crippen LogP contribution in [0.5, 0.6) is 0 Å². The molecule has 3 heterocycles. The standard InChI is InChI=1S/C17H22F3N7/c1-11(2)13-23-15(21-3)25-16(24-13)27-9-7-26(8-10-27)14-12(17(18,19)20)5-4-6-22-14/h4-6,11H,7-10H2,1-3H3,(H,21,23,24,25). The Kier molecular flexibility index (Phi) is 5.33. The summed E-state index contributed by atoms with van der Waals surface area (Å²) in [7, 11) is 1.74. The van der Waals surface area contributed by atoms with Gasteiger partial charge in [-0.25, -0.2) is 4.98 Å². The lowest BCUT2D eigenvalue weighted by atomic mass is 10.2. The molecule has 2 aromatic heterocycles. The first-order valence-corrected chi connectivity index (χ1v) is 8.75. The maximum absolute atomic E-state index is 13.2. The Balaban J connectivity index is 1.78. The smallest absolute Gasteiger partial charge is 0.357 e. The number of hydrogen-bond donors (Lipinski definition) is 1. The van der Waals surface area contributed by atoms with Gasteiger partial charge in [0.05, 0.1) is 5.56 Å². The van der Waals surface area contributed by atoms with Gasteiger partial charge in [0.15, 0.2) is 0 Å². The minimum Gasteiger partial charge on any atom is -0.357 e. The highest BCUT2D eigenvalue weighted by Crippen LogP contribution is 2.35. The van der Waals surface area contributed by atoms with E-state index in [1.54, 1.807) is 11.9 Å². The number of halogens is 3. The van der Waals surface area contributed by atoms with E-state index in [1.807, 2.05) is 18.7 Å². The zero-order chi connectivity index (χ0) is 19.6. The fraction of sp³-hybridized carbons (Fsp3) is 0.529. The molecule has 146 valence electrons. The van der Waals surface area contributed by atoms with Gasteiger partial charge in [-0.15, -0.1) is 0 Å². The summed E-state index contributed by atoms with van der Waals surface area (Å²) in [6, 6.07) is 2.37. The first-order valence-electron chi connectivity index (χ1n) is 8.75. The van der Waals surface area contributed by atoms with E-state index in [4.69, 9.17) is 0 Å². The fourth-order valence-corrected chi connectivity index (χ4v) is 2.88. The summed E-state index contributed by atoms with van der Waals surface area (Å²) in [6.45, 7) is 5.79. The van der Waals surface area contributed by atoms with Crippen LogP contribution in [0.2, 0.25) is 0 Å². The first-order chi connectivity index (χ1) is 12.8. The SMILES string of the molecule is CNc1nc(C(C)C)nc(N2CCN(c3ncccc3C(F)(F)F)CC2)n1. The summed E-state index contributed by atoms with van der Waals surface area (Å²) < 4.78 is 39.7. The Hall–Kier alpha value is -2.65. The zero-order valence-corrected chi connectivity index (χ0v) is 15.5. The van der Waals surface area contributed by atoms with Gasteiger partial charge >= 0.3 is 6.18 Å². The van der Waals surface area contributed by atoms with E-state index in [2.05, 4.69) is 25.3 Å². The number of rotatable bonds is 4. The average Bonchev–Trinajstić information content (AvgIpc) is 2.67. The van der Waals surface area contributed by atoms with Crippen molar-refractivity contribution in [2.75, 3.05) is 48.3 Å². The van der Waals surface area contributed by atoms with Crippen LogP contribution in [-0.2, 0) is 6.18 Å². The monoisotopic (exact) mass is 381 g/mol. The second-order valence-corrected chi connectivity index (χ2v) is 6.57. The summed E-state index contributed by atoms with van der Waals surface area (Å²) in [5.74, 6) is 1.81. The van der Waals surface area contributed by atoms with E-state index in [0.717, 1.165) is 6.07 Å². The van der Waals surface area contributed by atoms with Gasteiger partial charge in [0, 0.05) is 45.3 Å². The lowest BCUT2D eigenvalue weighted by Gasteiger charge is -2.36. The van der Waals surface area contributed by atoms with E-state index in [-0.39, 0.29) is 11.7 Å². The van der Waals surface area contributed by atoms with Crippen molar-refractivity contribution in [3.63, 3.8) is 0 Å². The van der Waals surface area contributed by atoms with Crippen molar-refractivity contribution < 1.29 is 13.2 Å². The minimum atomic E-state index is -4.43. The second-order valence-electron chi connectivity index (χ2n) is 6.57. The van der Waals surface area contributed by atoms with Crippen LogP contribution in [-0.4, -0.2) is 53.2 Å². The zero-order valence-electron chi connectivity index (χ0n) is 15.5. The molecule has 1 saturated heterocycles. The number of hydrogen-bond acceptors (Lipinski definition) is 7. The van der Waals surface area contributed by atoms with E-state index in [0.29, 0.717) is 43.9 Å². The topological polar surface area (TPSA) is 70.1 Å². The van der Waals surface area contributed by atoms with Crippen molar-refractivity contribution in [1.29, 1.82) is 0 Å². The molecule has 0 aliphatic carbocycles. The van der Waals surface area contributed by atoms with Crippen molar-refractivity contribution in [2.45, 2.75) is 25.9 Å². The molecular weight excluding hydrogens is 359 g/mol. The molecule has 1 aliphatic heterocycles. The number of aromatic nitrogens is 4. The number of nitrogens with one attached hydrogen (secondary N) is 1. The van der Waals surface area contributed by atoms with Crippen LogP contribution in [0.3, 0.4) is 0 Å². The molecule has 0 bridgehead atoms. The number of alkyl halides is 3. The van der Waals surface area contributed by atoms with Crippen LogP contribution in [0.15, 0.2) is 18.3 Å². The average molecular weight is 381 g/mol. The minimum absolute atomic E-state index is 0.0286. The van der Waals surface area contributed by atoms with Gasteiger partial charge in [0.25, 0.3) is 0 Å². The molecule has 0 unspecified atom stereocenters. The molecule has 0 atom stereocenters. The third-order valence-electron chi connectivity index (χ3n) is 4.34. The van der Waals surface area contributed by atoms with Crippen LogP contribution in [0.4, 0.5) is 30.9 Å². The van der Waals surface area contributed by atoms with Gasteiger partial charge < -0.3 is 15.1 Å². The molecule has 0 spiro atoms. The van der Waals surface area contributed by atoms with Crippen molar-refractivity contribution in [3.05, 3.63) is 29.7 Å². The molecule has 0 saturated carbocycles. The van der Waals surface area contributed by atoms with Crippen molar-refractivity contribution in [1.82, 2.24) is 19.9 Å². The molecule has 3 rings (SSSR count). The maximum Gasteiger partial charge on any atom is 0.419 e. The molecule has 0 radical (unpaired) electrons. The van der Waals surface area contributed by atoms with E-state index in [1.165, 1.54) is 12.3 Å².